The molecule has 1 N–H and O–H groups in total. The largest absolute Gasteiger partial charge is 0.495 e. The molecule has 0 atom stereocenters. The Balaban J connectivity index is 1.66. The maximum Gasteiger partial charge on any atom is 0.228 e. The first kappa shape index (κ1) is 19.2. The molecule has 0 unspecified atom stereocenters. The molecule has 2 aromatic heterocycles. The molecule has 8 heteroatoms. The first-order valence-corrected chi connectivity index (χ1v) is 10.4. The van der Waals surface area contributed by atoms with Gasteiger partial charge in [0.15, 0.2) is 0 Å². The molecular weight excluding hydrogens is 396 g/mol. The predicted molar refractivity (Wildman–Crippen MR) is 115 cm³/mol. The number of ether oxygens (including phenoxy) is 2. The molecule has 6 nitrogen and oxygen atoms in total. The van der Waals surface area contributed by atoms with Crippen LogP contribution in [0, 0.1) is 13.8 Å². The van der Waals surface area contributed by atoms with Gasteiger partial charge in [-0.25, -0.2) is 4.98 Å². The minimum atomic E-state index is 0.603. The number of nitrogens with one attached hydrogen (secondary N) is 1. The van der Waals surface area contributed by atoms with Crippen LogP contribution in [-0.2, 0) is 11.3 Å². The third kappa shape index (κ3) is 3.74. The molecule has 4 rings (SSSR count). The number of hydrogen-bond donors (Lipinski definition) is 1. The van der Waals surface area contributed by atoms with Crippen molar-refractivity contribution in [1.29, 1.82) is 0 Å². The third-order valence-electron chi connectivity index (χ3n) is 4.99. The Bertz CT molecular complexity index is 1000. The zero-order valence-corrected chi connectivity index (χ0v) is 17.8. The molecule has 3 aromatic rings. The molecule has 0 amide bonds. The van der Waals surface area contributed by atoms with E-state index in [9.17, 15) is 0 Å². The average Bonchev–Trinajstić information content (AvgIpc) is 3.00. The van der Waals surface area contributed by atoms with Gasteiger partial charge in [-0.15, -0.1) is 11.3 Å². The second-order valence-electron chi connectivity index (χ2n) is 6.76. The van der Waals surface area contributed by atoms with Gasteiger partial charge < -0.3 is 19.7 Å². The molecule has 148 valence electrons. The summed E-state index contributed by atoms with van der Waals surface area (Å²) in [5.74, 6) is 2.29. The van der Waals surface area contributed by atoms with Crippen LogP contribution in [0.3, 0.4) is 0 Å². The summed E-state index contributed by atoms with van der Waals surface area (Å²) < 4.78 is 10.7. The summed E-state index contributed by atoms with van der Waals surface area (Å²) in [7, 11) is 1.62. The highest BCUT2D eigenvalue weighted by atomic mass is 35.5. The number of aromatic nitrogens is 2. The van der Waals surface area contributed by atoms with Gasteiger partial charge in [0, 0.05) is 24.5 Å². The SMILES string of the molecule is COc1ccc(CNc2nc(N3CCOCC3)nc3sc(C)c(C)c23)cc1Cl. The molecule has 0 saturated carbocycles. The van der Waals surface area contributed by atoms with Crippen molar-refractivity contribution < 1.29 is 9.47 Å². The number of nitrogens with zero attached hydrogens (tertiary/aromatic N) is 3. The van der Waals surface area contributed by atoms with Gasteiger partial charge in [-0.1, -0.05) is 17.7 Å². The third-order valence-corrected chi connectivity index (χ3v) is 6.38. The Morgan fingerprint density at radius 2 is 2.04 bits per heavy atom. The standard InChI is InChI=1S/C20H23ClN4O2S/c1-12-13(2)28-19-17(12)18(23-20(24-19)25-6-8-27-9-7-25)22-11-14-4-5-16(26-3)15(21)10-14/h4-5,10H,6-9,11H2,1-3H3,(H,22,23,24). The van der Waals surface area contributed by atoms with E-state index in [0.29, 0.717) is 30.5 Å². The molecule has 28 heavy (non-hydrogen) atoms. The van der Waals surface area contributed by atoms with Crippen molar-refractivity contribution in [3.63, 3.8) is 0 Å². The van der Waals surface area contributed by atoms with E-state index in [4.69, 9.17) is 31.0 Å². The molecule has 1 aliphatic rings. The number of morpholine rings is 1. The molecular formula is C20H23ClN4O2S. The van der Waals surface area contributed by atoms with Gasteiger partial charge in [0.25, 0.3) is 0 Å². The van der Waals surface area contributed by atoms with E-state index in [0.717, 1.165) is 40.6 Å². The highest BCUT2D eigenvalue weighted by Gasteiger charge is 2.19. The van der Waals surface area contributed by atoms with Crippen LogP contribution in [0.15, 0.2) is 18.2 Å². The summed E-state index contributed by atoms with van der Waals surface area (Å²) in [5, 5.41) is 5.20. The monoisotopic (exact) mass is 418 g/mol. The summed E-state index contributed by atoms with van der Waals surface area (Å²) in [6, 6.07) is 5.80. The molecule has 0 bridgehead atoms. The lowest BCUT2D eigenvalue weighted by Gasteiger charge is -2.27. The smallest absolute Gasteiger partial charge is 0.228 e. The second-order valence-corrected chi connectivity index (χ2v) is 8.37. The van der Waals surface area contributed by atoms with E-state index in [1.165, 1.54) is 10.4 Å². The Labute approximate surface area is 173 Å². The molecule has 1 fully saturated rings. The van der Waals surface area contributed by atoms with E-state index in [1.807, 2.05) is 18.2 Å². The lowest BCUT2D eigenvalue weighted by atomic mass is 10.2. The van der Waals surface area contributed by atoms with Crippen LogP contribution in [0.1, 0.15) is 16.0 Å². The van der Waals surface area contributed by atoms with Crippen molar-refractivity contribution in [2.24, 2.45) is 0 Å². The minimum Gasteiger partial charge on any atom is -0.495 e. The molecule has 0 aliphatic carbocycles. The summed E-state index contributed by atoms with van der Waals surface area (Å²) in [6.45, 7) is 7.90. The zero-order valence-electron chi connectivity index (χ0n) is 16.2. The Hall–Kier alpha value is -2.09. The van der Waals surface area contributed by atoms with E-state index < -0.39 is 0 Å². The lowest BCUT2D eigenvalue weighted by Crippen LogP contribution is -2.37. The van der Waals surface area contributed by atoms with Crippen LogP contribution in [0.5, 0.6) is 5.75 Å². The Morgan fingerprint density at radius 1 is 1.25 bits per heavy atom. The summed E-state index contributed by atoms with van der Waals surface area (Å²) in [6.07, 6.45) is 0. The van der Waals surface area contributed by atoms with Gasteiger partial charge in [0.2, 0.25) is 5.95 Å². The number of fused-ring (bicyclic) bond motifs is 1. The number of anilines is 2. The molecule has 1 aliphatic heterocycles. The summed E-state index contributed by atoms with van der Waals surface area (Å²) in [5.41, 5.74) is 2.29. The van der Waals surface area contributed by atoms with Gasteiger partial charge in [-0.05, 0) is 37.1 Å². The van der Waals surface area contributed by atoms with Crippen LogP contribution in [0.25, 0.3) is 10.2 Å². The summed E-state index contributed by atoms with van der Waals surface area (Å²) in [4.78, 5) is 14.2. The van der Waals surface area contributed by atoms with Crippen molar-refractivity contribution in [3.05, 3.63) is 39.2 Å². The van der Waals surface area contributed by atoms with Crippen molar-refractivity contribution in [2.45, 2.75) is 20.4 Å². The highest BCUT2D eigenvalue weighted by molar-refractivity contribution is 7.18. The maximum absolute atomic E-state index is 6.27. The fraction of sp³-hybridized carbons (Fsp3) is 0.400. The number of methoxy groups -OCH3 is 1. The highest BCUT2D eigenvalue weighted by Crippen LogP contribution is 2.35. The van der Waals surface area contributed by atoms with Crippen LogP contribution < -0.4 is 15.0 Å². The number of thiophene rings is 1. The van der Waals surface area contributed by atoms with Gasteiger partial charge in [-0.2, -0.15) is 4.98 Å². The Kier molecular flexibility index (Phi) is 5.57. The molecule has 0 spiro atoms. The minimum absolute atomic E-state index is 0.603. The van der Waals surface area contributed by atoms with Crippen molar-refractivity contribution in [2.75, 3.05) is 43.6 Å². The van der Waals surface area contributed by atoms with Gasteiger partial charge in [-0.3, -0.25) is 0 Å². The number of benzene rings is 1. The maximum atomic E-state index is 6.27. The number of halogens is 1. The first-order valence-electron chi connectivity index (χ1n) is 9.23. The van der Waals surface area contributed by atoms with Crippen LogP contribution in [0.4, 0.5) is 11.8 Å². The first-order chi connectivity index (χ1) is 13.6. The Morgan fingerprint density at radius 3 is 2.75 bits per heavy atom. The van der Waals surface area contributed by atoms with Gasteiger partial charge in [0.1, 0.15) is 16.4 Å². The zero-order chi connectivity index (χ0) is 19.7. The number of hydrogen-bond acceptors (Lipinski definition) is 7. The fourth-order valence-corrected chi connectivity index (χ4v) is 4.58. The number of aryl methyl sites for hydroxylation is 2. The normalized spacial score (nSPS) is 14.5. The van der Waals surface area contributed by atoms with Gasteiger partial charge >= 0.3 is 0 Å². The van der Waals surface area contributed by atoms with Crippen molar-refractivity contribution in [1.82, 2.24) is 9.97 Å². The van der Waals surface area contributed by atoms with E-state index in [1.54, 1.807) is 18.4 Å². The summed E-state index contributed by atoms with van der Waals surface area (Å²) >= 11 is 7.98. The lowest BCUT2D eigenvalue weighted by molar-refractivity contribution is 0.122. The van der Waals surface area contributed by atoms with Crippen LogP contribution >= 0.6 is 22.9 Å². The molecule has 1 saturated heterocycles. The fourth-order valence-electron chi connectivity index (χ4n) is 3.28. The van der Waals surface area contributed by atoms with Crippen LogP contribution in [0.2, 0.25) is 5.02 Å². The topological polar surface area (TPSA) is 59.5 Å². The van der Waals surface area contributed by atoms with Crippen molar-refractivity contribution >= 4 is 44.9 Å². The van der Waals surface area contributed by atoms with E-state index in [2.05, 4.69) is 24.1 Å². The predicted octanol–water partition coefficient (Wildman–Crippen LogP) is 4.42. The van der Waals surface area contributed by atoms with E-state index >= 15 is 0 Å². The molecule has 3 heterocycles. The molecule has 1 aromatic carbocycles. The molecule has 0 radical (unpaired) electrons. The van der Waals surface area contributed by atoms with Crippen molar-refractivity contribution in [3.8, 4) is 5.75 Å². The second kappa shape index (κ2) is 8.11. The van der Waals surface area contributed by atoms with Gasteiger partial charge in [0.05, 0.1) is 30.7 Å². The van der Waals surface area contributed by atoms with E-state index in [-0.39, 0.29) is 0 Å². The number of rotatable bonds is 5. The average molecular weight is 419 g/mol. The van der Waals surface area contributed by atoms with Crippen LogP contribution in [-0.4, -0.2) is 43.4 Å². The quantitative estimate of drug-likeness (QED) is 0.661.